The lowest BCUT2D eigenvalue weighted by Gasteiger charge is -2.15. The highest BCUT2D eigenvalue weighted by atomic mass is 16.6. The highest BCUT2D eigenvalue weighted by Crippen LogP contribution is 2.27. The third kappa shape index (κ3) is 5.16. The summed E-state index contributed by atoms with van der Waals surface area (Å²) < 4.78 is 5.67. The molecule has 0 aliphatic carbocycles. The van der Waals surface area contributed by atoms with Gasteiger partial charge < -0.3 is 10.5 Å². The van der Waals surface area contributed by atoms with Crippen molar-refractivity contribution in [3.63, 3.8) is 0 Å². The molecule has 1 aromatic carbocycles. The molecule has 0 aliphatic heterocycles. The Morgan fingerprint density at radius 1 is 1.47 bits per heavy atom. The number of nitrogen functional groups attached to an aromatic ring is 1. The maximum Gasteiger partial charge on any atom is 0.281 e. The van der Waals surface area contributed by atoms with Crippen LogP contribution in [-0.4, -0.2) is 11.0 Å². The number of benzene rings is 1. The first-order valence-electron chi connectivity index (χ1n) is 6.66. The molecule has 105 valence electrons. The first-order chi connectivity index (χ1) is 9.04. The van der Waals surface area contributed by atoms with Crippen molar-refractivity contribution in [2.24, 2.45) is 0 Å². The Bertz CT molecular complexity index is 421. The van der Waals surface area contributed by atoms with Crippen molar-refractivity contribution in [3.8, 4) is 5.75 Å². The number of ether oxygens (including phenoxy) is 1. The molecule has 5 heteroatoms. The summed E-state index contributed by atoms with van der Waals surface area (Å²) in [6.07, 6.45) is 5.62. The molecule has 1 aromatic rings. The van der Waals surface area contributed by atoms with Gasteiger partial charge in [-0.3, -0.25) is 10.1 Å². The fourth-order valence-electron chi connectivity index (χ4n) is 1.81. The fourth-order valence-corrected chi connectivity index (χ4v) is 1.81. The lowest BCUT2D eigenvalue weighted by atomic mass is 10.1. The second kappa shape index (κ2) is 7.61. The summed E-state index contributed by atoms with van der Waals surface area (Å²) in [4.78, 5) is 10.2. The molecule has 0 heterocycles. The van der Waals surface area contributed by atoms with Gasteiger partial charge in [0.1, 0.15) is 5.75 Å². The molecule has 5 nitrogen and oxygen atoms in total. The quantitative estimate of drug-likeness (QED) is 0.336. The maximum atomic E-state index is 10.7. The minimum atomic E-state index is -0.502. The average Bonchev–Trinajstić information content (AvgIpc) is 2.37. The molecule has 0 saturated carbocycles. The molecule has 2 N–H and O–H groups in total. The number of rotatable bonds is 8. The van der Waals surface area contributed by atoms with E-state index in [0.717, 1.165) is 12.8 Å². The summed E-state index contributed by atoms with van der Waals surface area (Å²) in [6.45, 7) is 4.12. The molecule has 0 unspecified atom stereocenters. The molecule has 0 spiro atoms. The number of unbranched alkanes of at least 4 members (excludes halogenated alkanes) is 3. The van der Waals surface area contributed by atoms with Crippen LogP contribution in [0.5, 0.6) is 5.75 Å². The van der Waals surface area contributed by atoms with Crippen molar-refractivity contribution in [3.05, 3.63) is 28.3 Å². The topological polar surface area (TPSA) is 78.4 Å². The van der Waals surface area contributed by atoms with Gasteiger partial charge in [0, 0.05) is 0 Å². The van der Waals surface area contributed by atoms with Gasteiger partial charge in [-0.25, -0.2) is 0 Å². The van der Waals surface area contributed by atoms with Crippen molar-refractivity contribution >= 4 is 11.4 Å². The lowest BCUT2D eigenvalue weighted by Crippen LogP contribution is -2.12. The van der Waals surface area contributed by atoms with Gasteiger partial charge in [0.2, 0.25) is 0 Å². The van der Waals surface area contributed by atoms with E-state index in [1.54, 1.807) is 0 Å². The van der Waals surface area contributed by atoms with Crippen LogP contribution in [0.25, 0.3) is 0 Å². The summed E-state index contributed by atoms with van der Waals surface area (Å²) in [5.74, 6) is 0.369. The van der Waals surface area contributed by atoms with E-state index in [0.29, 0.717) is 11.4 Å². The van der Waals surface area contributed by atoms with Crippen LogP contribution in [0.3, 0.4) is 0 Å². The zero-order valence-corrected chi connectivity index (χ0v) is 11.5. The SMILES string of the molecule is CCCCCC[C@@H](C)Oc1cc([N+](=O)[O-])[c]cc1N. The van der Waals surface area contributed by atoms with E-state index in [-0.39, 0.29) is 11.8 Å². The van der Waals surface area contributed by atoms with Crippen molar-refractivity contribution in [1.82, 2.24) is 0 Å². The van der Waals surface area contributed by atoms with Crippen LogP contribution in [0.15, 0.2) is 12.1 Å². The zero-order chi connectivity index (χ0) is 14.3. The Labute approximate surface area is 113 Å². The Morgan fingerprint density at radius 3 is 2.84 bits per heavy atom. The summed E-state index contributed by atoms with van der Waals surface area (Å²) in [7, 11) is 0. The van der Waals surface area contributed by atoms with Crippen LogP contribution in [0.2, 0.25) is 0 Å². The summed E-state index contributed by atoms with van der Waals surface area (Å²) in [5, 5.41) is 10.7. The van der Waals surface area contributed by atoms with Crippen LogP contribution < -0.4 is 10.5 Å². The van der Waals surface area contributed by atoms with E-state index in [2.05, 4.69) is 13.0 Å². The third-order valence-corrected chi connectivity index (χ3v) is 2.92. The Hall–Kier alpha value is -1.78. The van der Waals surface area contributed by atoms with Crippen molar-refractivity contribution in [1.29, 1.82) is 0 Å². The molecule has 19 heavy (non-hydrogen) atoms. The number of nitrogens with zero attached hydrogens (tertiary/aromatic N) is 1. The standard InChI is InChI=1S/C14H21N2O3/c1-3-4-5-6-7-11(2)19-14-10-12(16(17)18)8-9-13(14)15/h9-11H,3-7,15H2,1-2H3/t11-/m1/s1. The smallest absolute Gasteiger partial charge is 0.281 e. The van der Waals surface area contributed by atoms with Gasteiger partial charge in [0.25, 0.3) is 5.69 Å². The first kappa shape index (κ1) is 15.3. The molecular formula is C14H21N2O3. The zero-order valence-electron chi connectivity index (χ0n) is 11.5. The van der Waals surface area contributed by atoms with Gasteiger partial charge in [-0.1, -0.05) is 26.2 Å². The Morgan fingerprint density at radius 2 is 2.21 bits per heavy atom. The second-order valence-electron chi connectivity index (χ2n) is 4.67. The molecule has 0 bridgehead atoms. The molecule has 1 radical (unpaired) electrons. The molecule has 0 aromatic heterocycles. The molecule has 0 aliphatic rings. The van der Waals surface area contributed by atoms with Crippen LogP contribution in [0.1, 0.15) is 46.0 Å². The molecule has 1 atom stereocenters. The molecular weight excluding hydrogens is 244 g/mol. The molecule has 1 rings (SSSR count). The number of nitro groups is 1. The van der Waals surface area contributed by atoms with E-state index in [1.807, 2.05) is 6.92 Å². The minimum absolute atomic E-state index is 0.00107. The number of hydrogen-bond donors (Lipinski definition) is 1. The van der Waals surface area contributed by atoms with E-state index in [4.69, 9.17) is 10.5 Å². The lowest BCUT2D eigenvalue weighted by molar-refractivity contribution is -0.385. The van der Waals surface area contributed by atoms with Crippen LogP contribution in [0.4, 0.5) is 11.4 Å². The van der Waals surface area contributed by atoms with Crippen molar-refractivity contribution < 1.29 is 9.66 Å². The highest BCUT2D eigenvalue weighted by Gasteiger charge is 2.13. The third-order valence-electron chi connectivity index (χ3n) is 2.92. The number of non-ortho nitro benzene ring substituents is 1. The average molecular weight is 265 g/mol. The summed E-state index contributed by atoms with van der Waals surface area (Å²) in [6, 6.07) is 5.22. The van der Waals surface area contributed by atoms with Crippen LogP contribution >= 0.6 is 0 Å². The van der Waals surface area contributed by atoms with Crippen molar-refractivity contribution in [2.75, 3.05) is 5.73 Å². The largest absolute Gasteiger partial charge is 0.488 e. The predicted octanol–water partition coefficient (Wildman–Crippen LogP) is 3.71. The van der Waals surface area contributed by atoms with E-state index in [9.17, 15) is 10.1 Å². The minimum Gasteiger partial charge on any atom is -0.488 e. The van der Waals surface area contributed by atoms with Gasteiger partial charge in [0.15, 0.2) is 0 Å². The van der Waals surface area contributed by atoms with Crippen LogP contribution in [0, 0.1) is 16.2 Å². The monoisotopic (exact) mass is 265 g/mol. The Kier molecular flexibility index (Phi) is 6.12. The van der Waals surface area contributed by atoms with E-state index < -0.39 is 4.92 Å². The van der Waals surface area contributed by atoms with E-state index >= 15 is 0 Å². The molecule has 0 saturated heterocycles. The number of hydrogen-bond acceptors (Lipinski definition) is 4. The van der Waals surface area contributed by atoms with Gasteiger partial charge in [-0.05, 0) is 25.8 Å². The number of nitro benzene ring substituents is 1. The molecule has 0 fully saturated rings. The van der Waals surface area contributed by atoms with Crippen molar-refractivity contribution in [2.45, 2.75) is 52.1 Å². The number of nitrogens with two attached hydrogens (primary N) is 1. The van der Waals surface area contributed by atoms with Gasteiger partial charge >= 0.3 is 0 Å². The summed E-state index contributed by atoms with van der Waals surface area (Å²) >= 11 is 0. The van der Waals surface area contributed by atoms with E-state index in [1.165, 1.54) is 31.4 Å². The first-order valence-corrected chi connectivity index (χ1v) is 6.66. The number of anilines is 1. The van der Waals surface area contributed by atoms with Gasteiger partial charge in [0.05, 0.1) is 28.8 Å². The maximum absolute atomic E-state index is 10.7. The second-order valence-corrected chi connectivity index (χ2v) is 4.67. The van der Waals surface area contributed by atoms with Gasteiger partial charge in [-0.15, -0.1) is 0 Å². The fraction of sp³-hybridized carbons (Fsp3) is 0.571. The van der Waals surface area contributed by atoms with Gasteiger partial charge in [-0.2, -0.15) is 0 Å². The highest BCUT2D eigenvalue weighted by molar-refractivity contribution is 5.56. The van der Waals surface area contributed by atoms with Crippen LogP contribution in [-0.2, 0) is 0 Å². The molecule has 0 amide bonds. The predicted molar refractivity (Wildman–Crippen MR) is 75.2 cm³/mol. The summed E-state index contributed by atoms with van der Waals surface area (Å²) in [5.41, 5.74) is 5.99. The normalized spacial score (nSPS) is 12.1. The Balaban J connectivity index is 2.55.